The first-order valence-corrected chi connectivity index (χ1v) is 21.8. The zero-order valence-corrected chi connectivity index (χ0v) is 34.6. The Bertz CT molecular complexity index is 1030. The van der Waals surface area contributed by atoms with E-state index in [1.54, 1.807) is 0 Å². The van der Waals surface area contributed by atoms with Gasteiger partial charge < -0.3 is 27.9 Å². The van der Waals surface area contributed by atoms with Gasteiger partial charge in [0.2, 0.25) is 0 Å². The maximum Gasteiger partial charge on any atom is 0.306 e. The van der Waals surface area contributed by atoms with Crippen molar-refractivity contribution in [2.75, 3.05) is 47.5 Å². The number of hydrogen-bond donors (Lipinski definition) is 0. The van der Waals surface area contributed by atoms with Crippen LogP contribution in [0.3, 0.4) is 0 Å². The number of unbranched alkanes of at least 4 members (excludes halogenated alkanes) is 14. The molecule has 0 aliphatic rings. The number of likely N-dealkylation sites (N-methyl/N-ethyl adjacent to an activating group) is 1. The van der Waals surface area contributed by atoms with Crippen LogP contribution in [0.15, 0.2) is 48.6 Å². The van der Waals surface area contributed by atoms with Gasteiger partial charge in [0.05, 0.1) is 27.7 Å². The Balaban J connectivity index is 4.47. The molecule has 0 aromatic carbocycles. The number of allylic oxidation sites excluding steroid dienone is 8. The van der Waals surface area contributed by atoms with Crippen LogP contribution in [0.1, 0.15) is 155 Å². The molecule has 302 valence electrons. The van der Waals surface area contributed by atoms with Gasteiger partial charge in [-0.3, -0.25) is 14.2 Å². The highest BCUT2D eigenvalue weighted by molar-refractivity contribution is 7.45. The minimum Gasteiger partial charge on any atom is -0.756 e. The van der Waals surface area contributed by atoms with Crippen molar-refractivity contribution in [1.29, 1.82) is 0 Å². The van der Waals surface area contributed by atoms with Crippen LogP contribution in [0.25, 0.3) is 0 Å². The molecule has 1 unspecified atom stereocenters. The second kappa shape index (κ2) is 34.7. The van der Waals surface area contributed by atoms with Gasteiger partial charge in [0.1, 0.15) is 19.8 Å². The molecule has 0 saturated heterocycles. The van der Waals surface area contributed by atoms with Crippen LogP contribution >= 0.6 is 7.82 Å². The summed E-state index contributed by atoms with van der Waals surface area (Å²) in [5.74, 6) is -0.877. The second-order valence-corrected chi connectivity index (χ2v) is 16.0. The van der Waals surface area contributed by atoms with Crippen LogP contribution in [-0.4, -0.2) is 70.0 Å². The number of quaternary nitrogens is 1. The summed E-state index contributed by atoms with van der Waals surface area (Å²) in [7, 11) is 1.14. The third-order valence-corrected chi connectivity index (χ3v) is 9.30. The van der Waals surface area contributed by atoms with Gasteiger partial charge in [-0.05, 0) is 70.6 Å². The molecule has 0 aliphatic carbocycles. The van der Waals surface area contributed by atoms with E-state index in [2.05, 4.69) is 62.5 Å². The molecule has 0 N–H and O–H groups in total. The fourth-order valence-corrected chi connectivity index (χ4v) is 5.86. The first-order chi connectivity index (χ1) is 25.0. The molecule has 0 amide bonds. The Hall–Kier alpha value is -2.03. The molecule has 0 aromatic rings. The number of nitrogens with zero attached hydrogens (tertiary/aromatic N) is 1. The molecule has 52 heavy (non-hydrogen) atoms. The third kappa shape index (κ3) is 37.7. The number of esters is 2. The molecule has 0 rings (SSSR count). The van der Waals surface area contributed by atoms with E-state index < -0.39 is 32.5 Å². The molecule has 10 heteroatoms. The predicted octanol–water partition coefficient (Wildman–Crippen LogP) is 10.5. The fraction of sp³-hybridized carbons (Fsp3) is 0.762. The number of rotatable bonds is 36. The second-order valence-electron chi connectivity index (χ2n) is 14.6. The van der Waals surface area contributed by atoms with Crippen molar-refractivity contribution in [2.45, 2.75) is 161 Å². The Morgan fingerprint density at radius 1 is 0.615 bits per heavy atom. The number of ether oxygens (including phenoxy) is 2. The van der Waals surface area contributed by atoms with Crippen molar-refractivity contribution in [3.63, 3.8) is 0 Å². The van der Waals surface area contributed by atoms with Gasteiger partial charge in [0.15, 0.2) is 6.10 Å². The van der Waals surface area contributed by atoms with Crippen molar-refractivity contribution < 1.29 is 42.1 Å². The fourth-order valence-electron chi connectivity index (χ4n) is 5.13. The van der Waals surface area contributed by atoms with Crippen molar-refractivity contribution in [3.8, 4) is 0 Å². The Kier molecular flexibility index (Phi) is 33.4. The third-order valence-electron chi connectivity index (χ3n) is 8.33. The smallest absolute Gasteiger partial charge is 0.306 e. The zero-order chi connectivity index (χ0) is 38.6. The molecule has 0 bridgehead atoms. The van der Waals surface area contributed by atoms with E-state index in [0.29, 0.717) is 23.9 Å². The molecule has 0 aliphatic heterocycles. The largest absolute Gasteiger partial charge is 0.756 e. The average molecular weight is 754 g/mol. The summed E-state index contributed by atoms with van der Waals surface area (Å²) in [5.41, 5.74) is 0. The lowest BCUT2D eigenvalue weighted by Crippen LogP contribution is -2.37. The molecule has 0 fully saturated rings. The average Bonchev–Trinajstić information content (AvgIpc) is 3.09. The highest BCUT2D eigenvalue weighted by Gasteiger charge is 2.21. The van der Waals surface area contributed by atoms with Gasteiger partial charge in [-0.25, -0.2) is 0 Å². The number of carbonyl (C=O) groups excluding carboxylic acids is 2. The molecular weight excluding hydrogens is 677 g/mol. The van der Waals surface area contributed by atoms with E-state index in [0.717, 1.165) is 77.0 Å². The van der Waals surface area contributed by atoms with Crippen LogP contribution in [0.4, 0.5) is 0 Å². The van der Waals surface area contributed by atoms with Gasteiger partial charge >= 0.3 is 11.9 Å². The number of hydrogen-bond acceptors (Lipinski definition) is 8. The van der Waals surface area contributed by atoms with E-state index in [9.17, 15) is 19.0 Å². The Labute approximate surface area is 318 Å². The summed E-state index contributed by atoms with van der Waals surface area (Å²) >= 11 is 0. The lowest BCUT2D eigenvalue weighted by Gasteiger charge is -2.28. The quantitative estimate of drug-likeness (QED) is 0.0204. The SMILES string of the molecule is CC/C=C/C/C=C/C/C=C/CCCCCCCC(=O)O[C@H](COC(=O)CCCCC/C=C/CCCCCCCC)COP(=O)([O-])OCC[N+](C)(C)C. The van der Waals surface area contributed by atoms with Crippen molar-refractivity contribution in [2.24, 2.45) is 0 Å². The number of phosphoric ester groups is 1. The van der Waals surface area contributed by atoms with Crippen LogP contribution < -0.4 is 4.89 Å². The molecule has 0 radical (unpaired) electrons. The highest BCUT2D eigenvalue weighted by atomic mass is 31.2. The molecule has 2 atom stereocenters. The van der Waals surface area contributed by atoms with E-state index in [-0.39, 0.29) is 26.1 Å². The van der Waals surface area contributed by atoms with Crippen LogP contribution in [-0.2, 0) is 32.7 Å². The minimum atomic E-state index is -4.63. The summed E-state index contributed by atoms with van der Waals surface area (Å²) in [6.07, 6.45) is 38.5. The molecule has 0 saturated carbocycles. The van der Waals surface area contributed by atoms with Gasteiger partial charge in [-0.15, -0.1) is 0 Å². The van der Waals surface area contributed by atoms with E-state index in [1.807, 2.05) is 21.1 Å². The normalized spacial score (nSPS) is 14.2. The molecule has 0 heterocycles. The number of carbonyl (C=O) groups is 2. The van der Waals surface area contributed by atoms with Crippen molar-refractivity contribution in [1.82, 2.24) is 0 Å². The standard InChI is InChI=1S/C42H76NO8P/c1-6-8-10-12-14-16-18-20-21-23-25-27-29-31-33-35-42(45)51-40(39-50-52(46,47)49-37-36-43(3,4)5)38-48-41(44)34-32-30-28-26-24-22-19-17-15-13-11-9-7-2/h8,10,14,16,20-22,24,40H,6-7,9,11-13,15,17-19,23,25-39H2,1-5H3/b10-8+,16-14+,21-20+,24-22+/t40-/m1/s1. The topological polar surface area (TPSA) is 111 Å². The first-order valence-electron chi connectivity index (χ1n) is 20.3. The lowest BCUT2D eigenvalue weighted by molar-refractivity contribution is -0.870. The van der Waals surface area contributed by atoms with Crippen LogP contribution in [0.2, 0.25) is 0 Å². The van der Waals surface area contributed by atoms with E-state index in [1.165, 1.54) is 38.5 Å². The number of phosphoric acid groups is 1. The molecule has 0 aromatic heterocycles. The maximum atomic E-state index is 12.6. The molecule has 9 nitrogen and oxygen atoms in total. The van der Waals surface area contributed by atoms with Crippen LogP contribution in [0.5, 0.6) is 0 Å². The van der Waals surface area contributed by atoms with E-state index >= 15 is 0 Å². The monoisotopic (exact) mass is 754 g/mol. The summed E-state index contributed by atoms with van der Waals surface area (Å²) in [5, 5.41) is 0. The predicted molar refractivity (Wildman–Crippen MR) is 213 cm³/mol. The lowest BCUT2D eigenvalue weighted by atomic mass is 10.1. The summed E-state index contributed by atoms with van der Waals surface area (Å²) < 4.78 is 33.8. The summed E-state index contributed by atoms with van der Waals surface area (Å²) in [6.45, 7) is 4.05. The molecule has 0 spiro atoms. The Morgan fingerprint density at radius 2 is 1.10 bits per heavy atom. The van der Waals surface area contributed by atoms with Gasteiger partial charge in [-0.2, -0.15) is 0 Å². The summed E-state index contributed by atoms with van der Waals surface area (Å²) in [4.78, 5) is 37.4. The molecular formula is C42H76NO8P. The van der Waals surface area contributed by atoms with Crippen molar-refractivity contribution >= 4 is 19.8 Å². The van der Waals surface area contributed by atoms with Gasteiger partial charge in [0, 0.05) is 12.8 Å². The minimum absolute atomic E-state index is 0.0382. The maximum absolute atomic E-state index is 12.6. The van der Waals surface area contributed by atoms with E-state index in [4.69, 9.17) is 18.5 Å². The first kappa shape index (κ1) is 50.0. The Morgan fingerprint density at radius 3 is 1.67 bits per heavy atom. The summed E-state index contributed by atoms with van der Waals surface area (Å²) in [6, 6.07) is 0. The highest BCUT2D eigenvalue weighted by Crippen LogP contribution is 2.38. The van der Waals surface area contributed by atoms with Crippen molar-refractivity contribution in [3.05, 3.63) is 48.6 Å². The van der Waals surface area contributed by atoms with Gasteiger partial charge in [0.25, 0.3) is 7.82 Å². The van der Waals surface area contributed by atoms with Gasteiger partial charge in [-0.1, -0.05) is 120 Å². The zero-order valence-electron chi connectivity index (χ0n) is 33.7. The van der Waals surface area contributed by atoms with Crippen LogP contribution in [0, 0.1) is 0 Å².